The van der Waals surface area contributed by atoms with E-state index in [0.717, 1.165) is 26.2 Å². The van der Waals surface area contributed by atoms with Crippen molar-refractivity contribution in [3.8, 4) is 11.8 Å². The van der Waals surface area contributed by atoms with Gasteiger partial charge in [-0.25, -0.2) is 0 Å². The Morgan fingerprint density at radius 3 is 2.95 bits per heavy atom. The second kappa shape index (κ2) is 6.98. The van der Waals surface area contributed by atoms with Crippen LogP contribution in [0.5, 0.6) is 0 Å². The Hall–Kier alpha value is -1.76. The zero-order chi connectivity index (χ0) is 13.5. The highest BCUT2D eigenvalue weighted by atomic mass is 16.5. The molecule has 3 nitrogen and oxygen atoms in total. The molecule has 0 aliphatic carbocycles. The van der Waals surface area contributed by atoms with Crippen molar-refractivity contribution in [1.29, 1.82) is 0 Å². The van der Waals surface area contributed by atoms with Gasteiger partial charge in [0, 0.05) is 31.4 Å². The minimum Gasteiger partial charge on any atom is -0.383 e. The predicted molar refractivity (Wildman–Crippen MR) is 79.0 cm³/mol. The van der Waals surface area contributed by atoms with Gasteiger partial charge < -0.3 is 14.6 Å². The molecule has 0 aliphatic heterocycles. The number of rotatable bonds is 6. The molecule has 3 heteroatoms. The summed E-state index contributed by atoms with van der Waals surface area (Å²) in [5, 5.41) is 4.65. The third-order valence-electron chi connectivity index (χ3n) is 3.10. The van der Waals surface area contributed by atoms with E-state index in [2.05, 4.69) is 52.1 Å². The SMILES string of the molecule is CC#CCn1c(CNCCOC)cc2ccccc21. The third-order valence-corrected chi connectivity index (χ3v) is 3.10. The average Bonchev–Trinajstić information content (AvgIpc) is 2.79. The van der Waals surface area contributed by atoms with Gasteiger partial charge in [0.2, 0.25) is 0 Å². The van der Waals surface area contributed by atoms with Crippen LogP contribution < -0.4 is 5.32 Å². The smallest absolute Gasteiger partial charge is 0.0840 e. The largest absolute Gasteiger partial charge is 0.383 e. The Morgan fingerprint density at radius 1 is 1.32 bits per heavy atom. The molecule has 2 rings (SSSR count). The summed E-state index contributed by atoms with van der Waals surface area (Å²) < 4.78 is 7.31. The normalized spacial score (nSPS) is 10.4. The number of nitrogens with zero attached hydrogens (tertiary/aromatic N) is 1. The molecular formula is C16H20N2O. The summed E-state index contributed by atoms with van der Waals surface area (Å²) in [6.45, 7) is 5.05. The van der Waals surface area contributed by atoms with Crippen molar-refractivity contribution in [2.75, 3.05) is 20.3 Å². The average molecular weight is 256 g/mol. The van der Waals surface area contributed by atoms with Crippen LogP contribution >= 0.6 is 0 Å². The van der Waals surface area contributed by atoms with Crippen LogP contribution in [-0.2, 0) is 17.8 Å². The molecule has 100 valence electrons. The summed E-state index contributed by atoms with van der Waals surface area (Å²) in [6, 6.07) is 10.7. The first-order valence-corrected chi connectivity index (χ1v) is 6.53. The summed E-state index contributed by atoms with van der Waals surface area (Å²) in [4.78, 5) is 0. The number of benzene rings is 1. The summed E-state index contributed by atoms with van der Waals surface area (Å²) in [6.07, 6.45) is 0. The molecule has 0 fully saturated rings. The Morgan fingerprint density at radius 2 is 2.16 bits per heavy atom. The molecule has 1 aromatic heterocycles. The first kappa shape index (κ1) is 13.7. The summed E-state index contributed by atoms with van der Waals surface area (Å²) in [5.74, 6) is 6.11. The molecule has 19 heavy (non-hydrogen) atoms. The monoisotopic (exact) mass is 256 g/mol. The number of fused-ring (bicyclic) bond motifs is 1. The number of hydrogen-bond donors (Lipinski definition) is 1. The Kier molecular flexibility index (Phi) is 5.02. The third kappa shape index (κ3) is 3.37. The predicted octanol–water partition coefficient (Wildman–Crippen LogP) is 2.40. The van der Waals surface area contributed by atoms with Crippen molar-refractivity contribution < 1.29 is 4.74 Å². The molecule has 0 spiro atoms. The van der Waals surface area contributed by atoms with Crippen LogP contribution in [0, 0.1) is 11.8 Å². The molecule has 0 saturated carbocycles. The molecule has 1 N–H and O–H groups in total. The molecule has 0 radical (unpaired) electrons. The fourth-order valence-corrected chi connectivity index (χ4v) is 2.15. The first-order chi connectivity index (χ1) is 9.36. The molecule has 0 atom stereocenters. The first-order valence-electron chi connectivity index (χ1n) is 6.53. The van der Waals surface area contributed by atoms with Crippen LogP contribution in [-0.4, -0.2) is 24.8 Å². The fourth-order valence-electron chi connectivity index (χ4n) is 2.15. The number of ether oxygens (including phenoxy) is 1. The Balaban J connectivity index is 2.21. The number of para-hydroxylation sites is 1. The number of nitrogens with one attached hydrogen (secondary N) is 1. The van der Waals surface area contributed by atoms with Crippen LogP contribution in [0.15, 0.2) is 30.3 Å². The number of methoxy groups -OCH3 is 1. The van der Waals surface area contributed by atoms with Gasteiger partial charge in [-0.05, 0) is 24.4 Å². The van der Waals surface area contributed by atoms with Gasteiger partial charge >= 0.3 is 0 Å². The molecular weight excluding hydrogens is 236 g/mol. The van der Waals surface area contributed by atoms with Gasteiger partial charge in [-0.3, -0.25) is 0 Å². The van der Waals surface area contributed by atoms with E-state index in [1.165, 1.54) is 16.6 Å². The van der Waals surface area contributed by atoms with Crippen molar-refractivity contribution in [2.24, 2.45) is 0 Å². The highest BCUT2D eigenvalue weighted by molar-refractivity contribution is 5.81. The van der Waals surface area contributed by atoms with Crippen LogP contribution in [0.3, 0.4) is 0 Å². The van der Waals surface area contributed by atoms with Crippen molar-refractivity contribution in [3.05, 3.63) is 36.0 Å². The minimum atomic E-state index is 0.731. The number of hydrogen-bond acceptors (Lipinski definition) is 2. The molecule has 0 bridgehead atoms. The van der Waals surface area contributed by atoms with Gasteiger partial charge in [-0.2, -0.15) is 0 Å². The Labute approximate surface area is 114 Å². The van der Waals surface area contributed by atoms with Gasteiger partial charge in [-0.1, -0.05) is 24.1 Å². The molecule has 1 heterocycles. The van der Waals surface area contributed by atoms with Gasteiger partial charge in [0.25, 0.3) is 0 Å². The van der Waals surface area contributed by atoms with Crippen LogP contribution in [0.2, 0.25) is 0 Å². The van der Waals surface area contributed by atoms with Crippen molar-refractivity contribution in [2.45, 2.75) is 20.0 Å². The summed E-state index contributed by atoms with van der Waals surface area (Å²) in [5.41, 5.74) is 2.51. The zero-order valence-electron chi connectivity index (χ0n) is 11.6. The highest BCUT2D eigenvalue weighted by Crippen LogP contribution is 2.19. The van der Waals surface area contributed by atoms with Crippen LogP contribution in [0.1, 0.15) is 12.6 Å². The van der Waals surface area contributed by atoms with Gasteiger partial charge in [0.1, 0.15) is 0 Å². The maximum Gasteiger partial charge on any atom is 0.0840 e. The van der Waals surface area contributed by atoms with E-state index in [1.54, 1.807) is 7.11 Å². The van der Waals surface area contributed by atoms with Crippen LogP contribution in [0.4, 0.5) is 0 Å². The highest BCUT2D eigenvalue weighted by Gasteiger charge is 2.06. The molecule has 0 amide bonds. The molecule has 0 aliphatic rings. The van der Waals surface area contributed by atoms with Crippen molar-refractivity contribution in [3.63, 3.8) is 0 Å². The quantitative estimate of drug-likeness (QED) is 0.634. The van der Waals surface area contributed by atoms with E-state index in [1.807, 2.05) is 6.92 Å². The lowest BCUT2D eigenvalue weighted by Crippen LogP contribution is -2.20. The Bertz CT molecular complexity index is 590. The molecule has 2 aromatic rings. The van der Waals surface area contributed by atoms with Gasteiger partial charge in [0.15, 0.2) is 0 Å². The standard InChI is InChI=1S/C16H20N2O/c1-3-4-10-18-15(13-17-9-11-19-2)12-14-7-5-6-8-16(14)18/h5-8,12,17H,9-11,13H2,1-2H3. The van der Waals surface area contributed by atoms with E-state index >= 15 is 0 Å². The molecule has 0 saturated heterocycles. The minimum absolute atomic E-state index is 0.731. The maximum atomic E-state index is 5.04. The lowest BCUT2D eigenvalue weighted by Gasteiger charge is -2.08. The van der Waals surface area contributed by atoms with E-state index in [4.69, 9.17) is 4.74 Å². The second-order valence-electron chi connectivity index (χ2n) is 4.38. The van der Waals surface area contributed by atoms with E-state index in [-0.39, 0.29) is 0 Å². The van der Waals surface area contributed by atoms with Crippen LogP contribution in [0.25, 0.3) is 10.9 Å². The van der Waals surface area contributed by atoms with Crippen molar-refractivity contribution >= 4 is 10.9 Å². The maximum absolute atomic E-state index is 5.04. The van der Waals surface area contributed by atoms with Gasteiger partial charge in [-0.15, -0.1) is 5.92 Å². The number of aromatic nitrogens is 1. The zero-order valence-corrected chi connectivity index (χ0v) is 11.6. The molecule has 0 unspecified atom stereocenters. The lowest BCUT2D eigenvalue weighted by molar-refractivity contribution is 0.199. The van der Waals surface area contributed by atoms with E-state index in [9.17, 15) is 0 Å². The summed E-state index contributed by atoms with van der Waals surface area (Å²) >= 11 is 0. The second-order valence-corrected chi connectivity index (χ2v) is 4.38. The topological polar surface area (TPSA) is 26.2 Å². The lowest BCUT2D eigenvalue weighted by atomic mass is 10.2. The van der Waals surface area contributed by atoms with Gasteiger partial charge in [0.05, 0.1) is 13.2 Å². The van der Waals surface area contributed by atoms with E-state index < -0.39 is 0 Å². The van der Waals surface area contributed by atoms with Crippen molar-refractivity contribution in [1.82, 2.24) is 9.88 Å². The fraction of sp³-hybridized carbons (Fsp3) is 0.375. The van der Waals surface area contributed by atoms with E-state index in [0.29, 0.717) is 0 Å². The summed E-state index contributed by atoms with van der Waals surface area (Å²) in [7, 11) is 1.72. The molecule has 1 aromatic carbocycles.